The van der Waals surface area contributed by atoms with Gasteiger partial charge in [0.05, 0.1) is 0 Å². The SMILES string of the molecule is C[CH2][Al][CH2]C.Cl.[Li][CH2]CCC. The molecule has 0 aromatic carbocycles. The van der Waals surface area contributed by atoms with Crippen LogP contribution in [0.15, 0.2) is 0 Å². The molecule has 0 aliphatic heterocycles. The Labute approximate surface area is 94.2 Å². The van der Waals surface area contributed by atoms with Crippen LogP contribution in [0.25, 0.3) is 0 Å². The van der Waals surface area contributed by atoms with Gasteiger partial charge in [0.1, 0.15) is 0 Å². The van der Waals surface area contributed by atoms with E-state index < -0.39 is 0 Å². The van der Waals surface area contributed by atoms with E-state index in [9.17, 15) is 0 Å². The molecule has 0 saturated heterocycles. The van der Waals surface area contributed by atoms with Gasteiger partial charge in [-0.3, -0.25) is 0 Å². The van der Waals surface area contributed by atoms with Crippen LogP contribution in [0.4, 0.5) is 0 Å². The predicted octanol–water partition coefficient (Wildman–Crippen LogP) is 3.36. The van der Waals surface area contributed by atoms with Crippen LogP contribution in [0.1, 0.15) is 33.6 Å². The molecule has 1 radical (unpaired) electrons. The Morgan fingerprint density at radius 2 is 1.55 bits per heavy atom. The first-order valence-corrected chi connectivity index (χ1v) is 6.28. The van der Waals surface area contributed by atoms with Gasteiger partial charge in [-0.25, -0.2) is 0 Å². The van der Waals surface area contributed by atoms with Crippen LogP contribution in [0.2, 0.25) is 15.7 Å². The van der Waals surface area contributed by atoms with Crippen molar-refractivity contribution in [3.05, 3.63) is 0 Å². The summed E-state index contributed by atoms with van der Waals surface area (Å²) in [7, 11) is 0. The molecule has 0 saturated carbocycles. The van der Waals surface area contributed by atoms with Gasteiger partial charge in [0.25, 0.3) is 0 Å². The van der Waals surface area contributed by atoms with Gasteiger partial charge in [0.2, 0.25) is 0 Å². The molecule has 0 aliphatic carbocycles. The first-order valence-electron chi connectivity index (χ1n) is 4.64. The van der Waals surface area contributed by atoms with Gasteiger partial charge in [-0.05, 0) is 0 Å². The van der Waals surface area contributed by atoms with E-state index in [4.69, 9.17) is 0 Å². The van der Waals surface area contributed by atoms with E-state index in [0.29, 0.717) is 0 Å². The molecule has 0 bridgehead atoms. The fraction of sp³-hybridized carbons (Fsp3) is 1.00. The molecule has 11 heavy (non-hydrogen) atoms. The van der Waals surface area contributed by atoms with E-state index in [1.54, 1.807) is 0 Å². The maximum atomic E-state index is 2.25. The monoisotopic (exact) mass is 185 g/mol. The van der Waals surface area contributed by atoms with E-state index in [2.05, 4.69) is 38.5 Å². The second-order valence-corrected chi connectivity index (χ2v) is 4.67. The van der Waals surface area contributed by atoms with Crippen molar-refractivity contribution in [1.82, 2.24) is 0 Å². The van der Waals surface area contributed by atoms with Gasteiger partial charge >= 0.3 is 42.6 Å². The van der Waals surface area contributed by atoms with E-state index in [1.807, 2.05) is 0 Å². The van der Waals surface area contributed by atoms with Gasteiger partial charge in [-0.15, -0.1) is 23.0 Å². The zero-order chi connectivity index (χ0) is 8.24. The molecule has 0 rings (SSSR count). The average Bonchev–Trinajstić information content (AvgIpc) is 1.93. The number of hydrogen-bond donors (Lipinski definition) is 0. The molecule has 0 nitrogen and oxygen atoms in total. The van der Waals surface area contributed by atoms with Crippen molar-refractivity contribution in [2.24, 2.45) is 0 Å². The molecule has 0 amide bonds. The fourth-order valence-electron chi connectivity index (χ4n) is 0.642. The van der Waals surface area contributed by atoms with E-state index in [0.717, 1.165) is 15.2 Å². The van der Waals surface area contributed by atoms with Gasteiger partial charge in [-0.2, -0.15) is 0 Å². The molecule has 0 aliphatic rings. The molecule has 0 spiro atoms. The second-order valence-electron chi connectivity index (χ2n) is 2.46. The Bertz CT molecular complexity index is 35.1. The zero-order valence-corrected chi connectivity index (χ0v) is 10.5. The standard InChI is InChI=1S/C4H9.2C2H5.Al.ClH.Li/c1-3-4-2;2*1-2;;;/h1,3-4H2,2H3;2*1H2,2H3;;1H;. The van der Waals surface area contributed by atoms with Crippen molar-refractivity contribution < 1.29 is 0 Å². The Morgan fingerprint density at radius 3 is 1.55 bits per heavy atom. The van der Waals surface area contributed by atoms with Crippen LogP contribution in [0.3, 0.4) is 0 Å². The molecule has 0 atom stereocenters. The molecule has 0 heterocycles. The molecule has 0 N–H and O–H groups in total. The summed E-state index contributed by atoms with van der Waals surface area (Å²) < 4.78 is 0. The topological polar surface area (TPSA) is 0 Å². The quantitative estimate of drug-likeness (QED) is 0.590. The average molecular weight is 186 g/mol. The summed E-state index contributed by atoms with van der Waals surface area (Å²) in [6.45, 7) is 6.71. The van der Waals surface area contributed by atoms with Crippen LogP contribution in [0.5, 0.6) is 0 Å². The number of rotatable bonds is 4. The minimum absolute atomic E-state index is 0. The third-order valence-electron chi connectivity index (χ3n) is 1.28. The van der Waals surface area contributed by atoms with Gasteiger partial charge in [-0.1, -0.05) is 13.8 Å². The molecule has 0 unspecified atom stereocenters. The van der Waals surface area contributed by atoms with Crippen LogP contribution in [-0.4, -0.2) is 32.9 Å². The molecule has 3 heteroatoms. The van der Waals surface area contributed by atoms with Crippen molar-refractivity contribution in [1.29, 1.82) is 0 Å². The summed E-state index contributed by atoms with van der Waals surface area (Å²) in [5, 5.41) is 4.20. The third-order valence-corrected chi connectivity index (χ3v) is 2.44. The summed E-state index contributed by atoms with van der Waals surface area (Å²) in [6, 6.07) is 0. The minimum atomic E-state index is 0. The fourth-order valence-corrected chi connectivity index (χ4v) is 1.22. The van der Waals surface area contributed by atoms with Crippen LogP contribution in [0, 0.1) is 0 Å². The Balaban J connectivity index is -0.000000107. The number of hydrogen-bond acceptors (Lipinski definition) is 0. The van der Waals surface area contributed by atoms with Gasteiger partial charge < -0.3 is 0 Å². The van der Waals surface area contributed by atoms with Crippen molar-refractivity contribution >= 4 is 45.3 Å². The van der Waals surface area contributed by atoms with Crippen LogP contribution in [-0.2, 0) is 0 Å². The number of halogens is 1. The van der Waals surface area contributed by atoms with Crippen molar-refractivity contribution in [2.75, 3.05) is 0 Å². The maximum absolute atomic E-state index is 2.25. The van der Waals surface area contributed by atoms with Gasteiger partial charge in [0.15, 0.2) is 15.2 Å². The van der Waals surface area contributed by atoms with E-state index in [-0.39, 0.29) is 12.4 Å². The predicted molar refractivity (Wildman–Crippen MR) is 59.4 cm³/mol. The summed E-state index contributed by atoms with van der Waals surface area (Å²) >= 11 is 3.03. The first kappa shape index (κ1) is 18.3. The first-order chi connectivity index (χ1) is 4.83. The zero-order valence-electron chi connectivity index (χ0n) is 8.52. The molecular formula is C8H20AlClLi. The normalized spacial score (nSPS) is 7.36. The number of unbranched alkanes of at least 4 members (excludes halogenated alkanes) is 1. The molecule has 0 fully saturated rings. The molecule has 0 aromatic heterocycles. The Kier molecular flexibility index (Phi) is 37.4. The Hall–Kier alpha value is 1.42. The molecule has 63 valence electrons. The second kappa shape index (κ2) is 22.5. The van der Waals surface area contributed by atoms with E-state index in [1.165, 1.54) is 28.5 Å². The van der Waals surface area contributed by atoms with Crippen molar-refractivity contribution in [3.63, 3.8) is 0 Å². The third kappa shape index (κ3) is 34.5. The molecule has 0 aromatic rings. The van der Waals surface area contributed by atoms with E-state index >= 15 is 0 Å². The Morgan fingerprint density at radius 1 is 1.09 bits per heavy atom. The van der Waals surface area contributed by atoms with Gasteiger partial charge in [0, 0.05) is 0 Å². The van der Waals surface area contributed by atoms with Crippen molar-refractivity contribution in [3.8, 4) is 0 Å². The van der Waals surface area contributed by atoms with Crippen molar-refractivity contribution in [2.45, 2.75) is 49.3 Å². The summed E-state index contributed by atoms with van der Waals surface area (Å²) in [6.07, 6.45) is 2.73. The molecular weight excluding hydrogens is 165 g/mol. The summed E-state index contributed by atoms with van der Waals surface area (Å²) in [5.41, 5.74) is 0. The summed E-state index contributed by atoms with van der Waals surface area (Å²) in [5.74, 6) is 0. The summed E-state index contributed by atoms with van der Waals surface area (Å²) in [4.78, 5) is 0. The van der Waals surface area contributed by atoms with Crippen LogP contribution >= 0.6 is 12.4 Å². The van der Waals surface area contributed by atoms with Crippen LogP contribution < -0.4 is 0 Å².